The number of hydrogen-bond donors (Lipinski definition) is 2. The molecular weight excluding hydrogens is 195 g/mol. The summed E-state index contributed by atoms with van der Waals surface area (Å²) in [6.45, 7) is 2.79. The number of carbonyl (C=O) groups excluding carboxylic acids is 1. The van der Waals surface area contributed by atoms with E-state index in [9.17, 15) is 9.18 Å². The van der Waals surface area contributed by atoms with Gasteiger partial charge in [0.2, 0.25) is 5.91 Å². The van der Waals surface area contributed by atoms with E-state index in [2.05, 4.69) is 5.32 Å². The van der Waals surface area contributed by atoms with Crippen molar-refractivity contribution in [3.8, 4) is 0 Å². The van der Waals surface area contributed by atoms with Gasteiger partial charge in [-0.3, -0.25) is 4.79 Å². The average molecular weight is 210 g/mol. The van der Waals surface area contributed by atoms with Crippen LogP contribution in [-0.4, -0.2) is 12.5 Å². The molecule has 1 aromatic carbocycles. The molecule has 0 saturated carbocycles. The van der Waals surface area contributed by atoms with Gasteiger partial charge in [-0.25, -0.2) is 4.39 Å². The Labute approximate surface area is 88.5 Å². The molecule has 0 unspecified atom stereocenters. The van der Waals surface area contributed by atoms with Crippen LogP contribution in [0.4, 0.5) is 4.39 Å². The van der Waals surface area contributed by atoms with E-state index in [4.69, 9.17) is 5.73 Å². The molecule has 0 heterocycles. The first-order valence-electron chi connectivity index (χ1n) is 4.83. The molecule has 1 aromatic rings. The summed E-state index contributed by atoms with van der Waals surface area (Å²) in [7, 11) is 0. The summed E-state index contributed by atoms with van der Waals surface area (Å²) in [4.78, 5) is 10.4. The lowest BCUT2D eigenvalue weighted by atomic mass is 10.1. The van der Waals surface area contributed by atoms with Gasteiger partial charge in [0.25, 0.3) is 0 Å². The second-order valence-corrected chi connectivity index (χ2v) is 3.48. The van der Waals surface area contributed by atoms with Gasteiger partial charge >= 0.3 is 0 Å². The number of nitrogens with one attached hydrogen (secondary N) is 1. The van der Waals surface area contributed by atoms with Gasteiger partial charge in [0.1, 0.15) is 5.82 Å². The number of benzene rings is 1. The average Bonchev–Trinajstić information content (AvgIpc) is 2.18. The lowest BCUT2D eigenvalue weighted by Gasteiger charge is -2.04. The van der Waals surface area contributed by atoms with Crippen molar-refractivity contribution in [1.82, 2.24) is 5.32 Å². The minimum absolute atomic E-state index is 0.204. The molecule has 0 radical (unpaired) electrons. The highest BCUT2D eigenvalue weighted by Gasteiger charge is 1.99. The number of hydrogen-bond acceptors (Lipinski definition) is 2. The van der Waals surface area contributed by atoms with Crippen LogP contribution >= 0.6 is 0 Å². The van der Waals surface area contributed by atoms with E-state index in [1.54, 1.807) is 13.0 Å². The van der Waals surface area contributed by atoms with Crippen molar-refractivity contribution < 1.29 is 9.18 Å². The summed E-state index contributed by atoms with van der Waals surface area (Å²) in [5, 5.41) is 3.01. The van der Waals surface area contributed by atoms with Crippen LogP contribution in [0.25, 0.3) is 0 Å². The monoisotopic (exact) mass is 210 g/mol. The zero-order valence-corrected chi connectivity index (χ0v) is 8.72. The summed E-state index contributed by atoms with van der Waals surface area (Å²) in [5.74, 6) is -0.540. The summed E-state index contributed by atoms with van der Waals surface area (Å²) in [6.07, 6.45) is 0.300. The first-order valence-corrected chi connectivity index (χ1v) is 4.83. The van der Waals surface area contributed by atoms with Crippen molar-refractivity contribution in [3.63, 3.8) is 0 Å². The quantitative estimate of drug-likeness (QED) is 0.715. The molecule has 82 valence electrons. The molecule has 0 bridgehead atoms. The number of carbonyl (C=O) groups is 1. The SMILES string of the molecule is Cc1ccc(CNCCC(N)=O)cc1F. The topological polar surface area (TPSA) is 55.1 Å². The maximum Gasteiger partial charge on any atom is 0.218 e. The minimum Gasteiger partial charge on any atom is -0.370 e. The van der Waals surface area contributed by atoms with E-state index in [-0.39, 0.29) is 11.7 Å². The van der Waals surface area contributed by atoms with E-state index in [0.29, 0.717) is 25.1 Å². The number of primary amides is 1. The molecule has 0 aliphatic rings. The van der Waals surface area contributed by atoms with Crippen LogP contribution in [0.2, 0.25) is 0 Å². The Hall–Kier alpha value is -1.42. The van der Waals surface area contributed by atoms with Crippen LogP contribution in [0.3, 0.4) is 0 Å². The molecule has 3 nitrogen and oxygen atoms in total. The van der Waals surface area contributed by atoms with E-state index in [1.165, 1.54) is 6.07 Å². The van der Waals surface area contributed by atoms with Gasteiger partial charge in [0, 0.05) is 19.5 Å². The first kappa shape index (κ1) is 11.7. The Balaban J connectivity index is 2.38. The van der Waals surface area contributed by atoms with Gasteiger partial charge < -0.3 is 11.1 Å². The van der Waals surface area contributed by atoms with Crippen LogP contribution < -0.4 is 11.1 Å². The van der Waals surface area contributed by atoms with E-state index >= 15 is 0 Å². The lowest BCUT2D eigenvalue weighted by Crippen LogP contribution is -2.21. The van der Waals surface area contributed by atoms with Gasteiger partial charge in [-0.15, -0.1) is 0 Å². The highest BCUT2D eigenvalue weighted by atomic mass is 19.1. The molecule has 15 heavy (non-hydrogen) atoms. The van der Waals surface area contributed by atoms with E-state index < -0.39 is 0 Å². The minimum atomic E-state index is -0.336. The van der Waals surface area contributed by atoms with Crippen molar-refractivity contribution >= 4 is 5.91 Å². The molecule has 1 amide bonds. The van der Waals surface area contributed by atoms with Crippen LogP contribution in [0.15, 0.2) is 18.2 Å². The van der Waals surface area contributed by atoms with Crippen molar-refractivity contribution in [1.29, 1.82) is 0 Å². The predicted molar refractivity (Wildman–Crippen MR) is 56.7 cm³/mol. The number of nitrogens with two attached hydrogens (primary N) is 1. The molecule has 0 aromatic heterocycles. The maximum atomic E-state index is 13.1. The van der Waals surface area contributed by atoms with Crippen molar-refractivity contribution in [2.45, 2.75) is 19.9 Å². The molecule has 4 heteroatoms. The molecular formula is C11H15FN2O. The second-order valence-electron chi connectivity index (χ2n) is 3.48. The second kappa shape index (κ2) is 5.46. The zero-order chi connectivity index (χ0) is 11.3. The van der Waals surface area contributed by atoms with Crippen LogP contribution in [0, 0.1) is 12.7 Å². The standard InChI is InChI=1S/C11H15FN2O/c1-8-2-3-9(6-10(8)12)7-14-5-4-11(13)15/h2-3,6,14H,4-5,7H2,1H3,(H2,13,15). The summed E-state index contributed by atoms with van der Waals surface area (Å²) in [6, 6.07) is 5.09. The van der Waals surface area contributed by atoms with Crippen LogP contribution in [0.5, 0.6) is 0 Å². The van der Waals surface area contributed by atoms with Crippen molar-refractivity contribution in [2.24, 2.45) is 5.73 Å². The third-order valence-corrected chi connectivity index (χ3v) is 2.11. The van der Waals surface area contributed by atoms with E-state index in [1.807, 2.05) is 6.07 Å². The Morgan fingerprint density at radius 1 is 1.53 bits per heavy atom. The number of aryl methyl sites for hydroxylation is 1. The van der Waals surface area contributed by atoms with Gasteiger partial charge in [-0.05, 0) is 24.1 Å². The van der Waals surface area contributed by atoms with Crippen molar-refractivity contribution in [3.05, 3.63) is 35.1 Å². The summed E-state index contributed by atoms with van der Waals surface area (Å²) < 4.78 is 13.1. The van der Waals surface area contributed by atoms with Crippen molar-refractivity contribution in [2.75, 3.05) is 6.54 Å². The predicted octanol–water partition coefficient (Wildman–Crippen LogP) is 1.10. The fourth-order valence-corrected chi connectivity index (χ4v) is 1.19. The Kier molecular flexibility index (Phi) is 4.24. The lowest BCUT2D eigenvalue weighted by molar-refractivity contribution is -0.117. The molecule has 0 fully saturated rings. The molecule has 0 atom stereocenters. The van der Waals surface area contributed by atoms with E-state index in [0.717, 1.165) is 5.56 Å². The third-order valence-electron chi connectivity index (χ3n) is 2.11. The van der Waals surface area contributed by atoms with Crippen LogP contribution in [0.1, 0.15) is 17.5 Å². The Morgan fingerprint density at radius 2 is 2.27 bits per heavy atom. The highest BCUT2D eigenvalue weighted by molar-refractivity contribution is 5.73. The molecule has 0 spiro atoms. The normalized spacial score (nSPS) is 10.3. The van der Waals surface area contributed by atoms with Crippen LogP contribution in [-0.2, 0) is 11.3 Å². The number of halogens is 1. The van der Waals surface area contributed by atoms with Gasteiger partial charge in [-0.1, -0.05) is 12.1 Å². The largest absolute Gasteiger partial charge is 0.370 e. The molecule has 0 saturated heterocycles. The highest BCUT2D eigenvalue weighted by Crippen LogP contribution is 2.08. The number of amides is 1. The van der Waals surface area contributed by atoms with Gasteiger partial charge in [0.15, 0.2) is 0 Å². The Bertz CT molecular complexity index is 352. The fourth-order valence-electron chi connectivity index (χ4n) is 1.19. The van der Waals surface area contributed by atoms with Gasteiger partial charge in [-0.2, -0.15) is 0 Å². The fraction of sp³-hybridized carbons (Fsp3) is 0.364. The molecule has 0 aliphatic carbocycles. The van der Waals surface area contributed by atoms with Gasteiger partial charge in [0.05, 0.1) is 0 Å². The maximum absolute atomic E-state index is 13.1. The molecule has 3 N–H and O–H groups in total. The number of rotatable bonds is 5. The Morgan fingerprint density at radius 3 is 2.87 bits per heavy atom. The first-order chi connectivity index (χ1) is 7.09. The summed E-state index contributed by atoms with van der Waals surface area (Å²) in [5.41, 5.74) is 6.48. The smallest absolute Gasteiger partial charge is 0.218 e. The summed E-state index contributed by atoms with van der Waals surface area (Å²) >= 11 is 0. The zero-order valence-electron chi connectivity index (χ0n) is 8.72. The third kappa shape index (κ3) is 4.08. The molecule has 1 rings (SSSR count). The molecule has 0 aliphatic heterocycles.